The van der Waals surface area contributed by atoms with Crippen molar-refractivity contribution in [3.8, 4) is 5.75 Å². The molecule has 1 aliphatic carbocycles. The lowest BCUT2D eigenvalue weighted by Gasteiger charge is -2.37. The molecule has 0 aromatic heterocycles. The molecular weight excluding hydrogens is 252 g/mol. The zero-order valence-corrected chi connectivity index (χ0v) is 13.8. The highest BCUT2D eigenvalue weighted by atomic mass is 28.4. The zero-order valence-electron chi connectivity index (χ0n) is 12.8. The van der Waals surface area contributed by atoms with Crippen LogP contribution in [0.2, 0.25) is 18.1 Å². The molecule has 19 heavy (non-hydrogen) atoms. The summed E-state index contributed by atoms with van der Waals surface area (Å²) in [7, 11) is -1.84. The Morgan fingerprint density at radius 1 is 1.26 bits per heavy atom. The Bertz CT molecular complexity index is 512. The van der Waals surface area contributed by atoms with Crippen LogP contribution in [0.15, 0.2) is 18.2 Å². The first-order valence-corrected chi connectivity index (χ1v) is 9.89. The van der Waals surface area contributed by atoms with Gasteiger partial charge in [-0.2, -0.15) is 0 Å². The molecule has 104 valence electrons. The summed E-state index contributed by atoms with van der Waals surface area (Å²) in [6, 6.07) is 5.89. The van der Waals surface area contributed by atoms with Crippen molar-refractivity contribution in [2.24, 2.45) is 5.92 Å². The highest BCUT2D eigenvalue weighted by Crippen LogP contribution is 2.40. The van der Waals surface area contributed by atoms with Crippen LogP contribution in [0.3, 0.4) is 0 Å². The first-order valence-electron chi connectivity index (χ1n) is 6.98. The lowest BCUT2D eigenvalue weighted by atomic mass is 10.1. The molecule has 0 heterocycles. The second-order valence-corrected chi connectivity index (χ2v) is 11.8. The van der Waals surface area contributed by atoms with E-state index in [1.807, 2.05) is 25.1 Å². The minimum absolute atomic E-state index is 0.0964. The van der Waals surface area contributed by atoms with Gasteiger partial charge in [0.2, 0.25) is 8.32 Å². The summed E-state index contributed by atoms with van der Waals surface area (Å²) in [5.41, 5.74) is 1.98. The average Bonchev–Trinajstić information content (AvgIpc) is 2.55. The zero-order chi connectivity index (χ0) is 14.4. The molecule has 1 aliphatic rings. The van der Waals surface area contributed by atoms with Crippen LogP contribution >= 0.6 is 0 Å². The van der Waals surface area contributed by atoms with Gasteiger partial charge in [0.25, 0.3) is 0 Å². The maximum Gasteiger partial charge on any atom is 0.250 e. The van der Waals surface area contributed by atoms with E-state index in [1.54, 1.807) is 0 Å². The number of benzene rings is 1. The van der Waals surface area contributed by atoms with Crippen LogP contribution in [0.5, 0.6) is 5.75 Å². The third kappa shape index (κ3) is 2.48. The third-order valence-electron chi connectivity index (χ3n) is 4.53. The van der Waals surface area contributed by atoms with Gasteiger partial charge in [0, 0.05) is 17.0 Å². The van der Waals surface area contributed by atoms with Crippen molar-refractivity contribution in [3.05, 3.63) is 29.3 Å². The summed E-state index contributed by atoms with van der Waals surface area (Å²) in [4.78, 5) is 12.1. The number of fused-ring (bicyclic) bond motifs is 1. The first kappa shape index (κ1) is 14.3. The summed E-state index contributed by atoms with van der Waals surface area (Å²) < 4.78 is 6.39. The Hall–Kier alpha value is -1.09. The Balaban J connectivity index is 2.37. The van der Waals surface area contributed by atoms with Crippen molar-refractivity contribution >= 4 is 14.1 Å². The second-order valence-electron chi connectivity index (χ2n) is 7.11. The number of ketones is 1. The molecule has 0 aliphatic heterocycles. The van der Waals surface area contributed by atoms with Crippen LogP contribution < -0.4 is 4.43 Å². The van der Waals surface area contributed by atoms with Gasteiger partial charge in [-0.3, -0.25) is 4.79 Å². The van der Waals surface area contributed by atoms with E-state index < -0.39 is 8.32 Å². The average molecular weight is 276 g/mol. The summed E-state index contributed by atoms with van der Waals surface area (Å²) in [5.74, 6) is 1.29. The standard InChI is InChI=1S/C16H24O2Si/c1-11-10-13-12(15(11)17)8-7-9-14(13)18-19(5,6)16(2,3)4/h7-9,11H,10H2,1-6H3. The van der Waals surface area contributed by atoms with E-state index in [0.717, 1.165) is 23.3 Å². The summed E-state index contributed by atoms with van der Waals surface area (Å²) >= 11 is 0. The molecule has 1 atom stereocenters. The Kier molecular flexibility index (Phi) is 3.38. The molecule has 0 saturated carbocycles. The molecule has 0 radical (unpaired) electrons. The smallest absolute Gasteiger partial charge is 0.250 e. The molecule has 0 saturated heterocycles. The van der Waals surface area contributed by atoms with E-state index in [1.165, 1.54) is 0 Å². The predicted molar refractivity (Wildman–Crippen MR) is 81.5 cm³/mol. The van der Waals surface area contributed by atoms with Crippen molar-refractivity contribution in [2.45, 2.75) is 52.2 Å². The van der Waals surface area contributed by atoms with Gasteiger partial charge in [-0.05, 0) is 30.6 Å². The van der Waals surface area contributed by atoms with Crippen molar-refractivity contribution in [1.29, 1.82) is 0 Å². The molecule has 0 spiro atoms. The van der Waals surface area contributed by atoms with Gasteiger partial charge in [-0.1, -0.05) is 39.8 Å². The van der Waals surface area contributed by atoms with Gasteiger partial charge in [-0.15, -0.1) is 0 Å². The van der Waals surface area contributed by atoms with E-state index in [0.29, 0.717) is 0 Å². The number of carbonyl (C=O) groups excluding carboxylic acids is 1. The molecule has 0 bridgehead atoms. The van der Waals surface area contributed by atoms with E-state index in [9.17, 15) is 4.79 Å². The number of Topliss-reactive ketones (excluding diaryl/α,β-unsaturated/α-hetero) is 1. The number of hydrogen-bond donors (Lipinski definition) is 0. The maximum absolute atomic E-state index is 12.1. The minimum atomic E-state index is -1.84. The molecule has 1 unspecified atom stereocenters. The number of rotatable bonds is 2. The van der Waals surface area contributed by atoms with Gasteiger partial charge in [0.15, 0.2) is 5.78 Å². The third-order valence-corrected chi connectivity index (χ3v) is 8.87. The lowest BCUT2D eigenvalue weighted by Crippen LogP contribution is -2.44. The molecule has 1 aromatic carbocycles. The van der Waals surface area contributed by atoms with Crippen LogP contribution in [0.25, 0.3) is 0 Å². The molecular formula is C16H24O2Si. The van der Waals surface area contributed by atoms with Crippen LogP contribution in [0.1, 0.15) is 43.6 Å². The Morgan fingerprint density at radius 3 is 2.47 bits per heavy atom. The molecule has 0 N–H and O–H groups in total. The minimum Gasteiger partial charge on any atom is -0.543 e. The fourth-order valence-corrected chi connectivity index (χ4v) is 3.24. The van der Waals surface area contributed by atoms with Crippen molar-refractivity contribution in [2.75, 3.05) is 0 Å². The van der Waals surface area contributed by atoms with Gasteiger partial charge < -0.3 is 4.43 Å². The Labute approximate surface area is 117 Å². The monoisotopic (exact) mass is 276 g/mol. The SMILES string of the molecule is CC1Cc2c(O[Si](C)(C)C(C)(C)C)cccc2C1=O. The van der Waals surface area contributed by atoms with Crippen LogP contribution in [0.4, 0.5) is 0 Å². The lowest BCUT2D eigenvalue weighted by molar-refractivity contribution is 0.0946. The molecule has 2 nitrogen and oxygen atoms in total. The topological polar surface area (TPSA) is 26.3 Å². The van der Waals surface area contributed by atoms with Crippen molar-refractivity contribution < 1.29 is 9.22 Å². The van der Waals surface area contributed by atoms with Gasteiger partial charge in [0.05, 0.1) is 0 Å². The number of carbonyl (C=O) groups is 1. The van der Waals surface area contributed by atoms with Gasteiger partial charge in [0.1, 0.15) is 5.75 Å². The summed E-state index contributed by atoms with van der Waals surface area (Å²) in [6.07, 6.45) is 0.818. The molecule has 0 fully saturated rings. The van der Waals surface area contributed by atoms with E-state index >= 15 is 0 Å². The van der Waals surface area contributed by atoms with Crippen LogP contribution in [0, 0.1) is 5.92 Å². The van der Waals surface area contributed by atoms with E-state index in [4.69, 9.17) is 4.43 Å². The Morgan fingerprint density at radius 2 is 1.89 bits per heavy atom. The quantitative estimate of drug-likeness (QED) is 0.746. The van der Waals surface area contributed by atoms with Crippen LogP contribution in [-0.4, -0.2) is 14.1 Å². The highest BCUT2D eigenvalue weighted by Gasteiger charge is 2.40. The summed E-state index contributed by atoms with van der Waals surface area (Å²) in [6.45, 7) is 13.2. The van der Waals surface area contributed by atoms with Gasteiger partial charge >= 0.3 is 0 Å². The van der Waals surface area contributed by atoms with E-state index in [2.05, 4.69) is 33.9 Å². The predicted octanol–water partition coefficient (Wildman–Crippen LogP) is 4.45. The fraction of sp³-hybridized carbons (Fsp3) is 0.562. The fourth-order valence-electron chi connectivity index (χ4n) is 2.19. The number of hydrogen-bond acceptors (Lipinski definition) is 2. The molecule has 2 rings (SSSR count). The largest absolute Gasteiger partial charge is 0.543 e. The summed E-state index contributed by atoms with van der Waals surface area (Å²) in [5, 5.41) is 0.171. The van der Waals surface area contributed by atoms with Crippen molar-refractivity contribution in [3.63, 3.8) is 0 Å². The van der Waals surface area contributed by atoms with E-state index in [-0.39, 0.29) is 16.7 Å². The van der Waals surface area contributed by atoms with Gasteiger partial charge in [-0.25, -0.2) is 0 Å². The highest BCUT2D eigenvalue weighted by molar-refractivity contribution is 6.74. The molecule has 3 heteroatoms. The normalized spacial score (nSPS) is 19.5. The molecule has 0 amide bonds. The first-order chi connectivity index (χ1) is 8.63. The second kappa shape index (κ2) is 4.48. The maximum atomic E-state index is 12.1. The molecule has 1 aromatic rings. The van der Waals surface area contributed by atoms with Crippen molar-refractivity contribution in [1.82, 2.24) is 0 Å². The van der Waals surface area contributed by atoms with Crippen LogP contribution in [-0.2, 0) is 6.42 Å².